The molecule has 0 fully saturated rings. The average molecular weight is 350 g/mol. The molecule has 3 rings (SSSR count). The van der Waals surface area contributed by atoms with Crippen molar-refractivity contribution in [3.8, 4) is 0 Å². The number of fused-ring (bicyclic) bond motifs is 2. The second-order valence-corrected chi connectivity index (χ2v) is 6.06. The van der Waals surface area contributed by atoms with E-state index < -0.39 is 0 Å². The Kier molecular flexibility index (Phi) is 2.72. The second kappa shape index (κ2) is 4.11. The van der Waals surface area contributed by atoms with E-state index in [0.29, 0.717) is 0 Å². The van der Waals surface area contributed by atoms with Crippen molar-refractivity contribution in [1.29, 1.82) is 0 Å². The van der Waals surface area contributed by atoms with Gasteiger partial charge in [-0.25, -0.2) is 0 Å². The van der Waals surface area contributed by atoms with E-state index in [1.165, 1.54) is 27.1 Å². The number of rotatable bonds is 0. The normalized spacial score (nSPS) is 11.2. The fourth-order valence-electron chi connectivity index (χ4n) is 2.29. The third-order valence-corrected chi connectivity index (χ3v) is 4.13. The van der Waals surface area contributed by atoms with Crippen LogP contribution in [-0.2, 0) is 0 Å². The predicted octanol–water partition coefficient (Wildman–Crippen LogP) is 5.83. The molecule has 0 unspecified atom stereocenters. The molecule has 0 spiro atoms. The smallest absolute Gasteiger partial charge is 0.0181 e. The molecule has 0 aliphatic heterocycles. The van der Waals surface area contributed by atoms with Crippen LogP contribution >= 0.6 is 31.9 Å². The summed E-state index contributed by atoms with van der Waals surface area (Å²) >= 11 is 7.06. The molecule has 0 amide bonds. The van der Waals surface area contributed by atoms with Gasteiger partial charge in [-0.3, -0.25) is 0 Å². The maximum atomic E-state index is 3.53. The van der Waals surface area contributed by atoms with E-state index in [9.17, 15) is 0 Å². The highest BCUT2D eigenvalue weighted by atomic mass is 79.9. The number of halogens is 2. The Labute approximate surface area is 117 Å². The Morgan fingerprint density at radius 3 is 2.24 bits per heavy atom. The van der Waals surface area contributed by atoms with Crippen LogP contribution < -0.4 is 0 Å². The lowest BCUT2D eigenvalue weighted by atomic mass is 9.98. The van der Waals surface area contributed by atoms with Gasteiger partial charge in [0.05, 0.1) is 0 Å². The third-order valence-electron chi connectivity index (χ3n) is 3.15. The Morgan fingerprint density at radius 2 is 1.41 bits per heavy atom. The quantitative estimate of drug-likeness (QED) is 0.448. The minimum Gasteiger partial charge on any atom is -0.0532 e. The summed E-state index contributed by atoms with van der Waals surface area (Å²) < 4.78 is 2.26. The minimum absolute atomic E-state index is 1.13. The highest BCUT2D eigenvalue weighted by Crippen LogP contribution is 2.31. The first-order valence-corrected chi connectivity index (χ1v) is 7.02. The van der Waals surface area contributed by atoms with Crippen LogP contribution in [-0.4, -0.2) is 0 Å². The molecular weight excluding hydrogens is 340 g/mol. The second-order valence-electron chi connectivity index (χ2n) is 4.23. The zero-order valence-electron chi connectivity index (χ0n) is 9.30. The van der Waals surface area contributed by atoms with Gasteiger partial charge in [0.25, 0.3) is 0 Å². The molecule has 84 valence electrons. The summed E-state index contributed by atoms with van der Waals surface area (Å²) in [5.41, 5.74) is 1.34. The van der Waals surface area contributed by atoms with E-state index in [1.54, 1.807) is 0 Å². The van der Waals surface area contributed by atoms with Crippen LogP contribution in [0.2, 0.25) is 0 Å². The van der Waals surface area contributed by atoms with Crippen LogP contribution in [0.25, 0.3) is 21.5 Å². The molecular formula is C15H10Br2. The molecule has 17 heavy (non-hydrogen) atoms. The van der Waals surface area contributed by atoms with Gasteiger partial charge >= 0.3 is 0 Å². The van der Waals surface area contributed by atoms with Crippen LogP contribution in [0, 0.1) is 6.92 Å². The summed E-state index contributed by atoms with van der Waals surface area (Å²) in [6, 6.07) is 15.1. The molecule has 0 atom stereocenters. The molecule has 0 bridgehead atoms. The van der Waals surface area contributed by atoms with Crippen molar-refractivity contribution in [2.75, 3.05) is 0 Å². The van der Waals surface area contributed by atoms with E-state index in [0.717, 1.165) is 8.95 Å². The summed E-state index contributed by atoms with van der Waals surface area (Å²) in [6.07, 6.45) is 0. The lowest BCUT2D eigenvalue weighted by molar-refractivity contribution is 1.57. The highest BCUT2D eigenvalue weighted by Gasteiger charge is 2.04. The molecule has 0 nitrogen and oxygen atoms in total. The molecule has 2 heteroatoms. The first kappa shape index (κ1) is 11.2. The van der Waals surface area contributed by atoms with Crippen molar-refractivity contribution in [3.63, 3.8) is 0 Å². The van der Waals surface area contributed by atoms with Crippen molar-refractivity contribution >= 4 is 53.4 Å². The molecule has 0 aromatic heterocycles. The predicted molar refractivity (Wildman–Crippen MR) is 81.6 cm³/mol. The summed E-state index contributed by atoms with van der Waals surface area (Å²) in [4.78, 5) is 0. The number of benzene rings is 3. The molecule has 3 aromatic rings. The van der Waals surface area contributed by atoms with Gasteiger partial charge in [0.15, 0.2) is 0 Å². The zero-order valence-corrected chi connectivity index (χ0v) is 12.5. The van der Waals surface area contributed by atoms with Crippen LogP contribution in [0.5, 0.6) is 0 Å². The largest absolute Gasteiger partial charge is 0.0532 e. The van der Waals surface area contributed by atoms with Crippen LogP contribution in [0.4, 0.5) is 0 Å². The van der Waals surface area contributed by atoms with Crippen molar-refractivity contribution in [2.45, 2.75) is 6.92 Å². The maximum absolute atomic E-state index is 3.53. The number of aryl methyl sites for hydroxylation is 1. The third kappa shape index (κ3) is 1.90. The lowest BCUT2D eigenvalue weighted by Gasteiger charge is -2.08. The van der Waals surface area contributed by atoms with Gasteiger partial charge in [0.1, 0.15) is 0 Å². The summed E-state index contributed by atoms with van der Waals surface area (Å²) in [5.74, 6) is 0. The van der Waals surface area contributed by atoms with Gasteiger partial charge in [-0.15, -0.1) is 0 Å². The monoisotopic (exact) mass is 348 g/mol. The fourth-order valence-corrected chi connectivity index (χ4v) is 3.03. The van der Waals surface area contributed by atoms with E-state index >= 15 is 0 Å². The van der Waals surface area contributed by atoms with Gasteiger partial charge in [0, 0.05) is 8.95 Å². The lowest BCUT2D eigenvalue weighted by Crippen LogP contribution is -1.83. The molecule has 0 N–H and O–H groups in total. The number of hydrogen-bond acceptors (Lipinski definition) is 0. The minimum atomic E-state index is 1.13. The molecule has 0 saturated carbocycles. The van der Waals surface area contributed by atoms with Gasteiger partial charge in [-0.05, 0) is 64.4 Å². The first-order chi connectivity index (χ1) is 8.15. The van der Waals surface area contributed by atoms with Crippen molar-refractivity contribution in [3.05, 3.63) is 57.0 Å². The summed E-state index contributed by atoms with van der Waals surface area (Å²) in [5, 5.41) is 5.20. The van der Waals surface area contributed by atoms with Crippen LogP contribution in [0.3, 0.4) is 0 Å². The average Bonchev–Trinajstić information content (AvgIpc) is 2.30. The Hall–Kier alpha value is -0.860. The van der Waals surface area contributed by atoms with E-state index in [2.05, 4.69) is 81.2 Å². The Bertz CT molecular complexity index is 730. The van der Waals surface area contributed by atoms with Crippen LogP contribution in [0.15, 0.2) is 51.4 Å². The number of hydrogen-bond donors (Lipinski definition) is 0. The zero-order chi connectivity index (χ0) is 12.0. The molecule has 0 radical (unpaired) electrons. The van der Waals surface area contributed by atoms with E-state index in [-0.39, 0.29) is 0 Å². The molecule has 0 aliphatic carbocycles. The van der Waals surface area contributed by atoms with Crippen molar-refractivity contribution in [2.24, 2.45) is 0 Å². The Morgan fingerprint density at radius 1 is 0.706 bits per heavy atom. The maximum Gasteiger partial charge on any atom is 0.0181 e. The SMILES string of the molecule is Cc1c2ccc(Br)cc2cc2ccc(Br)cc12. The van der Waals surface area contributed by atoms with Gasteiger partial charge in [0.2, 0.25) is 0 Å². The van der Waals surface area contributed by atoms with Crippen molar-refractivity contribution in [1.82, 2.24) is 0 Å². The van der Waals surface area contributed by atoms with Gasteiger partial charge < -0.3 is 0 Å². The topological polar surface area (TPSA) is 0 Å². The van der Waals surface area contributed by atoms with Gasteiger partial charge in [-0.1, -0.05) is 44.0 Å². The molecule has 0 saturated heterocycles. The summed E-state index contributed by atoms with van der Waals surface area (Å²) in [6.45, 7) is 2.19. The summed E-state index contributed by atoms with van der Waals surface area (Å²) in [7, 11) is 0. The standard InChI is InChI=1S/C15H10Br2/c1-9-14-5-4-12(16)7-11(14)6-10-2-3-13(17)8-15(9)10/h2-8H,1H3. The van der Waals surface area contributed by atoms with Crippen LogP contribution in [0.1, 0.15) is 5.56 Å². The molecule has 0 aliphatic rings. The van der Waals surface area contributed by atoms with E-state index in [4.69, 9.17) is 0 Å². The Balaban J connectivity index is 2.52. The highest BCUT2D eigenvalue weighted by molar-refractivity contribution is 9.10. The van der Waals surface area contributed by atoms with E-state index in [1.807, 2.05) is 0 Å². The first-order valence-electron chi connectivity index (χ1n) is 5.43. The fraction of sp³-hybridized carbons (Fsp3) is 0.0667. The molecule has 3 aromatic carbocycles. The molecule has 0 heterocycles. The van der Waals surface area contributed by atoms with Crippen molar-refractivity contribution < 1.29 is 0 Å². The van der Waals surface area contributed by atoms with Gasteiger partial charge in [-0.2, -0.15) is 0 Å².